The molecule has 0 saturated heterocycles. The Hall–Kier alpha value is -4.01. The molecule has 9 nitrogen and oxygen atoms in total. The first-order chi connectivity index (χ1) is 15.1. The lowest BCUT2D eigenvalue weighted by Gasteiger charge is -2.17. The molecule has 2 heterocycles. The van der Waals surface area contributed by atoms with Gasteiger partial charge in [0.1, 0.15) is 17.3 Å². The Morgan fingerprint density at radius 3 is 2.45 bits per heavy atom. The molecule has 0 bridgehead atoms. The third kappa shape index (κ3) is 4.45. The van der Waals surface area contributed by atoms with Gasteiger partial charge < -0.3 is 25.0 Å². The summed E-state index contributed by atoms with van der Waals surface area (Å²) >= 11 is 0. The lowest BCUT2D eigenvalue weighted by molar-refractivity contribution is 0.102. The van der Waals surface area contributed by atoms with Crippen molar-refractivity contribution in [3.05, 3.63) is 70.9 Å². The summed E-state index contributed by atoms with van der Waals surface area (Å²) < 4.78 is 10.4. The van der Waals surface area contributed by atoms with Crippen LogP contribution in [-0.2, 0) is 19.6 Å². The van der Waals surface area contributed by atoms with Crippen LogP contribution in [0.2, 0.25) is 0 Å². The molecule has 0 fully saturated rings. The highest BCUT2D eigenvalue weighted by Gasteiger charge is 2.29. The zero-order chi connectivity index (χ0) is 21.8. The normalized spacial score (nSPS) is 12.3. The van der Waals surface area contributed by atoms with E-state index in [1.54, 1.807) is 23.1 Å². The number of nitrogens with zero attached hydrogens (tertiary/aromatic N) is 2. The van der Waals surface area contributed by atoms with Gasteiger partial charge in [0, 0.05) is 23.7 Å². The monoisotopic (exact) mass is 421 g/mol. The number of fused-ring (bicyclic) bond motifs is 1. The minimum atomic E-state index is -0.337. The number of methoxy groups -OCH3 is 2. The number of amides is 3. The average molecular weight is 421 g/mol. The van der Waals surface area contributed by atoms with Crippen LogP contribution in [0.15, 0.2) is 48.5 Å². The number of aromatic amines is 1. The lowest BCUT2D eigenvalue weighted by atomic mass is 10.2. The highest BCUT2D eigenvalue weighted by atomic mass is 16.5. The zero-order valence-electron chi connectivity index (χ0n) is 17.3. The van der Waals surface area contributed by atoms with E-state index in [4.69, 9.17) is 9.47 Å². The summed E-state index contributed by atoms with van der Waals surface area (Å²) in [6.45, 7) is 1.17. The number of carbonyl (C=O) groups excluding carboxylic acids is 2. The number of carbonyl (C=O) groups is 2. The van der Waals surface area contributed by atoms with Crippen molar-refractivity contribution in [2.75, 3.05) is 19.5 Å². The molecular formula is C22H23N5O4. The second-order valence-corrected chi connectivity index (χ2v) is 7.08. The van der Waals surface area contributed by atoms with Crippen LogP contribution in [0.4, 0.5) is 10.6 Å². The fourth-order valence-electron chi connectivity index (χ4n) is 3.39. The maximum atomic E-state index is 12.8. The minimum absolute atomic E-state index is 0.184. The van der Waals surface area contributed by atoms with Crippen LogP contribution in [0.3, 0.4) is 0 Å². The number of urea groups is 1. The van der Waals surface area contributed by atoms with Gasteiger partial charge in [-0.25, -0.2) is 4.79 Å². The van der Waals surface area contributed by atoms with E-state index >= 15 is 0 Å². The van der Waals surface area contributed by atoms with Gasteiger partial charge in [0.25, 0.3) is 5.91 Å². The number of nitrogens with one attached hydrogen (secondary N) is 3. The molecule has 160 valence electrons. The summed E-state index contributed by atoms with van der Waals surface area (Å²) in [5.41, 5.74) is 2.93. The quantitative estimate of drug-likeness (QED) is 0.567. The molecule has 0 spiro atoms. The maximum Gasteiger partial charge on any atom is 0.318 e. The molecule has 0 radical (unpaired) electrons. The molecule has 1 aromatic heterocycles. The van der Waals surface area contributed by atoms with Crippen molar-refractivity contribution in [3.63, 3.8) is 0 Å². The SMILES string of the molecule is COc1cc(OC)cc(C(=O)Nc2[nH]nc3c2CN(C(=O)NCc2ccccc2)C3)c1. The van der Waals surface area contributed by atoms with Gasteiger partial charge in [0.2, 0.25) is 0 Å². The standard InChI is InChI=1S/C22H23N5O4/c1-30-16-8-15(9-17(10-16)31-2)21(28)24-20-18-12-27(13-19(18)25-26-20)22(29)23-11-14-6-4-3-5-7-14/h3-10H,11-13H2,1-2H3,(H,23,29)(H2,24,25,26,28). The van der Waals surface area contributed by atoms with Crippen LogP contribution >= 0.6 is 0 Å². The molecule has 0 atom stereocenters. The van der Waals surface area contributed by atoms with Gasteiger partial charge in [-0.05, 0) is 17.7 Å². The molecule has 0 saturated carbocycles. The fraction of sp³-hybridized carbons (Fsp3) is 0.227. The molecule has 1 aliphatic rings. The van der Waals surface area contributed by atoms with Crippen LogP contribution in [-0.4, -0.2) is 41.3 Å². The van der Waals surface area contributed by atoms with E-state index in [1.807, 2.05) is 30.3 Å². The Morgan fingerprint density at radius 1 is 1.06 bits per heavy atom. The number of benzene rings is 2. The van der Waals surface area contributed by atoms with E-state index in [0.29, 0.717) is 42.5 Å². The van der Waals surface area contributed by atoms with Gasteiger partial charge in [-0.3, -0.25) is 9.89 Å². The Morgan fingerprint density at radius 2 is 1.77 bits per heavy atom. The number of hydrogen-bond donors (Lipinski definition) is 3. The van der Waals surface area contributed by atoms with Crippen molar-refractivity contribution >= 4 is 17.8 Å². The highest BCUT2D eigenvalue weighted by molar-refractivity contribution is 6.04. The van der Waals surface area contributed by atoms with Crippen molar-refractivity contribution in [2.24, 2.45) is 0 Å². The molecule has 1 aliphatic heterocycles. The third-order valence-corrected chi connectivity index (χ3v) is 5.07. The second kappa shape index (κ2) is 8.78. The van der Waals surface area contributed by atoms with Crippen LogP contribution in [0, 0.1) is 0 Å². The summed E-state index contributed by atoms with van der Waals surface area (Å²) in [5.74, 6) is 1.16. The Bertz CT molecular complexity index is 1070. The van der Waals surface area contributed by atoms with E-state index in [2.05, 4.69) is 20.8 Å². The van der Waals surface area contributed by atoms with E-state index in [1.165, 1.54) is 14.2 Å². The Balaban J connectivity index is 1.41. The van der Waals surface area contributed by atoms with Crippen LogP contribution in [0.5, 0.6) is 11.5 Å². The first-order valence-corrected chi connectivity index (χ1v) is 9.74. The molecular weight excluding hydrogens is 398 g/mol. The van der Waals surface area contributed by atoms with E-state index in [-0.39, 0.29) is 11.9 Å². The molecule has 3 aromatic rings. The average Bonchev–Trinajstić information content (AvgIpc) is 3.39. The largest absolute Gasteiger partial charge is 0.497 e. The molecule has 0 unspecified atom stereocenters. The van der Waals surface area contributed by atoms with Gasteiger partial charge in [0.05, 0.1) is 33.0 Å². The molecule has 3 N–H and O–H groups in total. The van der Waals surface area contributed by atoms with Gasteiger partial charge in [-0.15, -0.1) is 0 Å². The Kier molecular flexibility index (Phi) is 5.74. The smallest absolute Gasteiger partial charge is 0.318 e. The van der Waals surface area contributed by atoms with E-state index < -0.39 is 0 Å². The maximum absolute atomic E-state index is 12.8. The summed E-state index contributed by atoms with van der Waals surface area (Å²) in [6.07, 6.45) is 0. The molecule has 0 aliphatic carbocycles. The summed E-state index contributed by atoms with van der Waals surface area (Å²) in [5, 5.41) is 12.8. The van der Waals surface area contributed by atoms with Crippen LogP contribution in [0.1, 0.15) is 27.2 Å². The van der Waals surface area contributed by atoms with Gasteiger partial charge >= 0.3 is 6.03 Å². The zero-order valence-corrected chi connectivity index (χ0v) is 17.3. The number of aromatic nitrogens is 2. The topological polar surface area (TPSA) is 109 Å². The van der Waals surface area contributed by atoms with Crippen molar-refractivity contribution < 1.29 is 19.1 Å². The molecule has 3 amide bonds. The van der Waals surface area contributed by atoms with Gasteiger partial charge in [0.15, 0.2) is 0 Å². The van der Waals surface area contributed by atoms with E-state index in [9.17, 15) is 9.59 Å². The fourth-order valence-corrected chi connectivity index (χ4v) is 3.39. The van der Waals surface area contributed by atoms with Gasteiger partial charge in [-0.1, -0.05) is 30.3 Å². The first kappa shape index (κ1) is 20.3. The number of hydrogen-bond acceptors (Lipinski definition) is 5. The summed E-state index contributed by atoms with van der Waals surface area (Å²) in [6, 6.07) is 14.5. The van der Waals surface area contributed by atoms with Crippen LogP contribution in [0.25, 0.3) is 0 Å². The van der Waals surface area contributed by atoms with Crippen molar-refractivity contribution in [3.8, 4) is 11.5 Å². The molecule has 2 aromatic carbocycles. The summed E-state index contributed by atoms with van der Waals surface area (Å²) in [7, 11) is 3.05. The number of anilines is 1. The van der Waals surface area contributed by atoms with Crippen molar-refractivity contribution in [1.82, 2.24) is 20.4 Å². The first-order valence-electron chi connectivity index (χ1n) is 9.74. The number of H-pyrrole nitrogens is 1. The van der Waals surface area contributed by atoms with Crippen molar-refractivity contribution in [2.45, 2.75) is 19.6 Å². The number of rotatable bonds is 6. The lowest BCUT2D eigenvalue weighted by Crippen LogP contribution is -2.36. The Labute approximate surface area is 179 Å². The number of ether oxygens (including phenoxy) is 2. The van der Waals surface area contributed by atoms with Gasteiger partial charge in [-0.2, -0.15) is 5.10 Å². The summed E-state index contributed by atoms with van der Waals surface area (Å²) in [4.78, 5) is 27.0. The molecule has 4 rings (SSSR count). The predicted molar refractivity (Wildman–Crippen MR) is 114 cm³/mol. The van der Waals surface area contributed by atoms with E-state index in [0.717, 1.165) is 16.8 Å². The third-order valence-electron chi connectivity index (χ3n) is 5.07. The van der Waals surface area contributed by atoms with Crippen molar-refractivity contribution in [1.29, 1.82) is 0 Å². The molecule has 31 heavy (non-hydrogen) atoms. The minimum Gasteiger partial charge on any atom is -0.497 e. The molecule has 9 heteroatoms. The predicted octanol–water partition coefficient (Wildman–Crippen LogP) is 2.90. The second-order valence-electron chi connectivity index (χ2n) is 7.08. The van der Waals surface area contributed by atoms with Crippen LogP contribution < -0.4 is 20.1 Å². The highest BCUT2D eigenvalue weighted by Crippen LogP contribution is 2.28.